The summed E-state index contributed by atoms with van der Waals surface area (Å²) < 4.78 is 25.2. The molecule has 0 fully saturated rings. The van der Waals surface area contributed by atoms with E-state index in [-0.39, 0.29) is 10.8 Å². The second-order valence-electron chi connectivity index (χ2n) is 5.54. The van der Waals surface area contributed by atoms with Crippen LogP contribution in [0, 0.1) is 0 Å². The Morgan fingerprint density at radius 1 is 1.17 bits per heavy atom. The third-order valence-corrected chi connectivity index (χ3v) is 5.44. The molecule has 7 nitrogen and oxygen atoms in total. The van der Waals surface area contributed by atoms with Gasteiger partial charge in [-0.3, -0.25) is 4.79 Å². The molecule has 1 heterocycles. The van der Waals surface area contributed by atoms with E-state index in [2.05, 4.69) is 10.3 Å². The molecule has 0 aliphatic heterocycles. The molecule has 1 aromatic heterocycles. The zero-order chi connectivity index (χ0) is 17.9. The van der Waals surface area contributed by atoms with Gasteiger partial charge < -0.3 is 11.1 Å². The molecule has 0 saturated carbocycles. The molecule has 0 saturated heterocycles. The topological polar surface area (TPSA) is 105 Å². The van der Waals surface area contributed by atoms with E-state index in [0.717, 1.165) is 4.31 Å². The fourth-order valence-electron chi connectivity index (χ4n) is 2.02. The summed E-state index contributed by atoms with van der Waals surface area (Å²) in [6, 6.07) is 9.54. The van der Waals surface area contributed by atoms with E-state index < -0.39 is 15.9 Å². The fourth-order valence-corrected chi connectivity index (χ4v) is 2.92. The van der Waals surface area contributed by atoms with Crippen molar-refractivity contribution in [3.05, 3.63) is 48.2 Å². The van der Waals surface area contributed by atoms with E-state index >= 15 is 0 Å². The zero-order valence-electron chi connectivity index (χ0n) is 13.7. The molecule has 1 unspecified atom stereocenters. The van der Waals surface area contributed by atoms with Crippen LogP contribution in [0.25, 0.3) is 0 Å². The number of aromatic nitrogens is 1. The number of benzene rings is 1. The molecular formula is C16H20N4O3S. The normalized spacial score (nSPS) is 12.8. The van der Waals surface area contributed by atoms with E-state index in [9.17, 15) is 13.2 Å². The fraction of sp³-hybridized carbons (Fsp3) is 0.250. The summed E-state index contributed by atoms with van der Waals surface area (Å²) in [4.78, 5) is 16.4. The molecule has 0 bridgehead atoms. The summed E-state index contributed by atoms with van der Waals surface area (Å²) in [6.07, 6.45) is 1.48. The first-order valence-electron chi connectivity index (χ1n) is 7.26. The van der Waals surface area contributed by atoms with Crippen molar-refractivity contribution in [2.24, 2.45) is 0 Å². The van der Waals surface area contributed by atoms with Gasteiger partial charge in [-0.05, 0) is 36.8 Å². The van der Waals surface area contributed by atoms with Crippen LogP contribution in [0.15, 0.2) is 47.5 Å². The highest BCUT2D eigenvalue weighted by atomic mass is 32.2. The van der Waals surface area contributed by atoms with Crippen molar-refractivity contribution in [1.29, 1.82) is 0 Å². The van der Waals surface area contributed by atoms with Crippen LogP contribution in [0.4, 0.5) is 11.5 Å². The molecule has 3 N–H and O–H groups in total. The predicted octanol–water partition coefficient (Wildman–Crippen LogP) is 1.66. The van der Waals surface area contributed by atoms with Crippen molar-refractivity contribution in [2.45, 2.75) is 17.7 Å². The first-order chi connectivity index (χ1) is 11.2. The Balaban J connectivity index is 2.13. The predicted molar refractivity (Wildman–Crippen MR) is 93.0 cm³/mol. The maximum absolute atomic E-state index is 12.3. The standard InChI is InChI=1S/C16H20N4O3S/c1-11(16(21)19-13-6-9-15(17)18-10-13)12-4-7-14(8-5-12)24(22,23)20(2)3/h4-11H,1-3H3,(H2,17,18)(H,19,21). The molecule has 0 aliphatic rings. The summed E-state index contributed by atoms with van der Waals surface area (Å²) in [5, 5.41) is 2.75. The van der Waals surface area contributed by atoms with Crippen LogP contribution in [-0.4, -0.2) is 37.7 Å². The smallest absolute Gasteiger partial charge is 0.242 e. The molecule has 0 aliphatic carbocycles. The number of nitrogens with two attached hydrogens (primary N) is 1. The Hall–Kier alpha value is -2.45. The maximum atomic E-state index is 12.3. The van der Waals surface area contributed by atoms with E-state index in [0.29, 0.717) is 17.1 Å². The first-order valence-corrected chi connectivity index (χ1v) is 8.70. The largest absolute Gasteiger partial charge is 0.384 e. The van der Waals surface area contributed by atoms with Gasteiger partial charge in [-0.1, -0.05) is 12.1 Å². The number of hydrogen-bond donors (Lipinski definition) is 2. The number of nitrogens with one attached hydrogen (secondary N) is 1. The molecule has 1 amide bonds. The molecule has 1 aromatic carbocycles. The highest BCUT2D eigenvalue weighted by molar-refractivity contribution is 7.89. The van der Waals surface area contributed by atoms with Crippen molar-refractivity contribution in [3.63, 3.8) is 0 Å². The summed E-state index contributed by atoms with van der Waals surface area (Å²) >= 11 is 0. The Labute approximate surface area is 141 Å². The SMILES string of the molecule is CC(C(=O)Nc1ccc(N)nc1)c1ccc(S(=O)(=O)N(C)C)cc1. The third kappa shape index (κ3) is 3.90. The highest BCUT2D eigenvalue weighted by Gasteiger charge is 2.19. The minimum atomic E-state index is -3.48. The first kappa shape index (κ1) is 17.9. The van der Waals surface area contributed by atoms with Crippen LogP contribution in [-0.2, 0) is 14.8 Å². The van der Waals surface area contributed by atoms with Crippen molar-refractivity contribution in [1.82, 2.24) is 9.29 Å². The second kappa shape index (κ2) is 6.98. The summed E-state index contributed by atoms with van der Waals surface area (Å²) in [5.41, 5.74) is 6.77. The number of carbonyl (C=O) groups is 1. The van der Waals surface area contributed by atoms with Gasteiger partial charge in [0.25, 0.3) is 0 Å². The van der Waals surface area contributed by atoms with Crippen LogP contribution in [0.3, 0.4) is 0 Å². The van der Waals surface area contributed by atoms with Gasteiger partial charge in [-0.15, -0.1) is 0 Å². The molecule has 1 atom stereocenters. The van der Waals surface area contributed by atoms with Crippen LogP contribution in [0.1, 0.15) is 18.4 Å². The van der Waals surface area contributed by atoms with Gasteiger partial charge in [0, 0.05) is 14.1 Å². The number of amides is 1. The van der Waals surface area contributed by atoms with Crippen molar-refractivity contribution in [3.8, 4) is 0 Å². The lowest BCUT2D eigenvalue weighted by Crippen LogP contribution is -2.22. The molecule has 2 rings (SSSR count). The molecule has 0 spiro atoms. The molecule has 128 valence electrons. The minimum Gasteiger partial charge on any atom is -0.384 e. The van der Waals surface area contributed by atoms with Crippen LogP contribution in [0.5, 0.6) is 0 Å². The molecule has 8 heteroatoms. The Morgan fingerprint density at radius 3 is 2.29 bits per heavy atom. The second-order valence-corrected chi connectivity index (χ2v) is 7.69. The average molecular weight is 348 g/mol. The van der Waals surface area contributed by atoms with Crippen LogP contribution >= 0.6 is 0 Å². The minimum absolute atomic E-state index is 0.187. The quantitative estimate of drug-likeness (QED) is 0.855. The summed E-state index contributed by atoms with van der Waals surface area (Å²) in [6.45, 7) is 1.75. The van der Waals surface area contributed by atoms with Gasteiger partial charge in [-0.25, -0.2) is 17.7 Å². The van der Waals surface area contributed by atoms with Gasteiger partial charge >= 0.3 is 0 Å². The van der Waals surface area contributed by atoms with Crippen molar-refractivity contribution < 1.29 is 13.2 Å². The van der Waals surface area contributed by atoms with Gasteiger partial charge in [-0.2, -0.15) is 0 Å². The number of pyridine rings is 1. The van der Waals surface area contributed by atoms with E-state index in [1.165, 1.54) is 32.4 Å². The lowest BCUT2D eigenvalue weighted by molar-refractivity contribution is -0.117. The number of hydrogen-bond acceptors (Lipinski definition) is 5. The zero-order valence-corrected chi connectivity index (χ0v) is 14.5. The molecule has 0 radical (unpaired) electrons. The Bertz CT molecular complexity index is 815. The van der Waals surface area contributed by atoms with Gasteiger partial charge in [0.05, 0.1) is 22.7 Å². The van der Waals surface area contributed by atoms with Gasteiger partial charge in [0.2, 0.25) is 15.9 Å². The van der Waals surface area contributed by atoms with Crippen molar-refractivity contribution >= 4 is 27.4 Å². The maximum Gasteiger partial charge on any atom is 0.242 e. The average Bonchev–Trinajstić information content (AvgIpc) is 2.56. The lowest BCUT2D eigenvalue weighted by atomic mass is 10.0. The van der Waals surface area contributed by atoms with Gasteiger partial charge in [0.15, 0.2) is 0 Å². The molecule has 24 heavy (non-hydrogen) atoms. The van der Waals surface area contributed by atoms with E-state index in [1.54, 1.807) is 31.2 Å². The van der Waals surface area contributed by atoms with E-state index in [4.69, 9.17) is 5.73 Å². The number of anilines is 2. The molecule has 2 aromatic rings. The number of sulfonamides is 1. The Kier molecular flexibility index (Phi) is 5.20. The number of nitrogens with zero attached hydrogens (tertiary/aromatic N) is 2. The summed E-state index contributed by atoms with van der Waals surface area (Å²) in [7, 11) is -0.535. The lowest BCUT2D eigenvalue weighted by Gasteiger charge is -2.15. The highest BCUT2D eigenvalue weighted by Crippen LogP contribution is 2.21. The van der Waals surface area contributed by atoms with Gasteiger partial charge in [0.1, 0.15) is 5.82 Å². The van der Waals surface area contributed by atoms with E-state index in [1.807, 2.05) is 0 Å². The molecular weight excluding hydrogens is 328 g/mol. The third-order valence-electron chi connectivity index (χ3n) is 3.61. The van der Waals surface area contributed by atoms with Crippen LogP contribution in [0.2, 0.25) is 0 Å². The summed E-state index contributed by atoms with van der Waals surface area (Å²) in [5.74, 6) is -0.290. The number of nitrogen functional groups attached to an aromatic ring is 1. The number of rotatable bonds is 5. The van der Waals surface area contributed by atoms with Crippen LogP contribution < -0.4 is 11.1 Å². The Morgan fingerprint density at radius 2 is 1.79 bits per heavy atom. The number of carbonyl (C=O) groups excluding carboxylic acids is 1. The van der Waals surface area contributed by atoms with Crippen molar-refractivity contribution in [2.75, 3.05) is 25.1 Å². The monoisotopic (exact) mass is 348 g/mol.